The van der Waals surface area contributed by atoms with E-state index in [0.717, 1.165) is 22.0 Å². The highest BCUT2D eigenvalue weighted by Gasteiger charge is 2.19. The van der Waals surface area contributed by atoms with Crippen LogP contribution in [0.15, 0.2) is 22.7 Å². The maximum atomic E-state index is 6.09. The maximum absolute atomic E-state index is 6.09. The van der Waals surface area contributed by atoms with E-state index in [0.29, 0.717) is 6.04 Å². The van der Waals surface area contributed by atoms with E-state index in [4.69, 9.17) is 11.6 Å². The minimum atomic E-state index is 0.479. The summed E-state index contributed by atoms with van der Waals surface area (Å²) in [7, 11) is 0. The van der Waals surface area contributed by atoms with Crippen LogP contribution in [-0.4, -0.2) is 6.54 Å². The first-order valence-corrected chi connectivity index (χ1v) is 6.52. The van der Waals surface area contributed by atoms with E-state index in [2.05, 4.69) is 40.3 Å². The SMILES string of the molecule is C[C@H]1CCC(c2ccc(Br)c(Cl)c2)NC1. The van der Waals surface area contributed by atoms with Gasteiger partial charge >= 0.3 is 0 Å². The van der Waals surface area contributed by atoms with Crippen LogP contribution < -0.4 is 5.32 Å². The van der Waals surface area contributed by atoms with Gasteiger partial charge in [-0.05, 0) is 58.9 Å². The summed E-state index contributed by atoms with van der Waals surface area (Å²) < 4.78 is 0.970. The molecular formula is C12H15BrClN. The molecule has 0 saturated carbocycles. The lowest BCUT2D eigenvalue weighted by molar-refractivity contribution is 0.333. The van der Waals surface area contributed by atoms with Crippen molar-refractivity contribution in [3.63, 3.8) is 0 Å². The van der Waals surface area contributed by atoms with Gasteiger partial charge in [-0.15, -0.1) is 0 Å². The Hall–Kier alpha value is -0.0500. The van der Waals surface area contributed by atoms with Crippen LogP contribution in [0.4, 0.5) is 0 Å². The molecule has 2 atom stereocenters. The molecule has 1 aliphatic heterocycles. The highest BCUT2D eigenvalue weighted by molar-refractivity contribution is 9.10. The standard InChI is InChI=1S/C12H15BrClN/c1-8-2-5-12(15-7-8)9-3-4-10(13)11(14)6-9/h3-4,6,8,12,15H,2,5,7H2,1H3/t8-,12?/m0/s1. The molecule has 1 aromatic carbocycles. The van der Waals surface area contributed by atoms with Gasteiger partial charge in [0.25, 0.3) is 0 Å². The molecule has 0 spiro atoms. The van der Waals surface area contributed by atoms with Gasteiger partial charge in [-0.2, -0.15) is 0 Å². The van der Waals surface area contributed by atoms with Crippen LogP contribution in [0, 0.1) is 5.92 Å². The molecule has 1 heterocycles. The molecule has 1 unspecified atom stereocenters. The lowest BCUT2D eigenvalue weighted by Gasteiger charge is -2.28. The van der Waals surface area contributed by atoms with Crippen molar-refractivity contribution >= 4 is 27.5 Å². The van der Waals surface area contributed by atoms with E-state index in [9.17, 15) is 0 Å². The second-order valence-corrected chi connectivity index (χ2v) is 5.58. The quantitative estimate of drug-likeness (QED) is 0.818. The molecule has 1 nitrogen and oxygen atoms in total. The van der Waals surface area contributed by atoms with Gasteiger partial charge in [0.05, 0.1) is 5.02 Å². The summed E-state index contributed by atoms with van der Waals surface area (Å²) in [5.41, 5.74) is 1.30. The first-order valence-electron chi connectivity index (χ1n) is 5.35. The Balaban J connectivity index is 2.12. The molecule has 2 rings (SSSR count). The van der Waals surface area contributed by atoms with Crippen molar-refractivity contribution in [3.05, 3.63) is 33.3 Å². The fourth-order valence-electron chi connectivity index (χ4n) is 2.01. The molecular weight excluding hydrogens is 273 g/mol. The van der Waals surface area contributed by atoms with Crippen molar-refractivity contribution in [1.29, 1.82) is 0 Å². The Morgan fingerprint density at radius 3 is 2.80 bits per heavy atom. The number of halogens is 2. The van der Waals surface area contributed by atoms with Gasteiger partial charge < -0.3 is 5.32 Å². The van der Waals surface area contributed by atoms with Gasteiger partial charge in [0.1, 0.15) is 0 Å². The van der Waals surface area contributed by atoms with Crippen molar-refractivity contribution in [3.8, 4) is 0 Å². The molecule has 1 N–H and O–H groups in total. The summed E-state index contributed by atoms with van der Waals surface area (Å²) in [6.07, 6.45) is 2.50. The van der Waals surface area contributed by atoms with Crippen molar-refractivity contribution in [2.45, 2.75) is 25.8 Å². The number of hydrogen-bond donors (Lipinski definition) is 1. The third kappa shape index (κ3) is 2.74. The first-order chi connectivity index (χ1) is 7.16. The molecule has 0 bridgehead atoms. The van der Waals surface area contributed by atoms with E-state index in [1.165, 1.54) is 18.4 Å². The number of rotatable bonds is 1. The molecule has 82 valence electrons. The zero-order valence-electron chi connectivity index (χ0n) is 8.76. The lowest BCUT2D eigenvalue weighted by atomic mass is 9.92. The van der Waals surface area contributed by atoms with E-state index in [1.807, 2.05) is 6.07 Å². The third-order valence-corrected chi connectivity index (χ3v) is 4.24. The molecule has 1 saturated heterocycles. The molecule has 0 aromatic heterocycles. The topological polar surface area (TPSA) is 12.0 Å². The van der Waals surface area contributed by atoms with Crippen molar-refractivity contribution in [1.82, 2.24) is 5.32 Å². The Morgan fingerprint density at radius 1 is 1.40 bits per heavy atom. The first kappa shape index (κ1) is 11.4. The van der Waals surface area contributed by atoms with Gasteiger partial charge in [0, 0.05) is 10.5 Å². The summed E-state index contributed by atoms with van der Waals surface area (Å²) >= 11 is 9.50. The average molecular weight is 289 g/mol. The molecule has 0 amide bonds. The summed E-state index contributed by atoms with van der Waals surface area (Å²) in [5, 5.41) is 4.36. The molecule has 1 aliphatic rings. The second-order valence-electron chi connectivity index (χ2n) is 4.32. The average Bonchev–Trinajstić information content (AvgIpc) is 2.23. The third-order valence-electron chi connectivity index (χ3n) is 3.01. The van der Waals surface area contributed by atoms with E-state index < -0.39 is 0 Å². The van der Waals surface area contributed by atoms with Crippen molar-refractivity contribution in [2.75, 3.05) is 6.54 Å². The number of benzene rings is 1. The van der Waals surface area contributed by atoms with Gasteiger partial charge in [-0.25, -0.2) is 0 Å². The monoisotopic (exact) mass is 287 g/mol. The molecule has 15 heavy (non-hydrogen) atoms. The van der Waals surface area contributed by atoms with Gasteiger partial charge in [-0.1, -0.05) is 24.6 Å². The molecule has 0 aliphatic carbocycles. The van der Waals surface area contributed by atoms with Crippen molar-refractivity contribution in [2.24, 2.45) is 5.92 Å². The maximum Gasteiger partial charge on any atom is 0.0551 e. The van der Waals surface area contributed by atoms with Gasteiger partial charge in [0.15, 0.2) is 0 Å². The van der Waals surface area contributed by atoms with Crippen LogP contribution in [-0.2, 0) is 0 Å². The minimum absolute atomic E-state index is 0.479. The highest BCUT2D eigenvalue weighted by atomic mass is 79.9. The normalized spacial score (nSPS) is 26.6. The summed E-state index contributed by atoms with van der Waals surface area (Å²) in [6, 6.07) is 6.70. The van der Waals surface area contributed by atoms with Crippen molar-refractivity contribution < 1.29 is 0 Å². The Morgan fingerprint density at radius 2 is 2.20 bits per heavy atom. The smallest absolute Gasteiger partial charge is 0.0551 e. The highest BCUT2D eigenvalue weighted by Crippen LogP contribution is 2.30. The van der Waals surface area contributed by atoms with E-state index >= 15 is 0 Å². The predicted octanol–water partition coefficient (Wildman–Crippen LogP) is 4.16. The van der Waals surface area contributed by atoms with Gasteiger partial charge in [0.2, 0.25) is 0 Å². The Kier molecular flexibility index (Phi) is 3.70. The number of piperidine rings is 1. The van der Waals surface area contributed by atoms with Crippen LogP contribution in [0.3, 0.4) is 0 Å². The second kappa shape index (κ2) is 4.86. The van der Waals surface area contributed by atoms with E-state index in [-0.39, 0.29) is 0 Å². The van der Waals surface area contributed by atoms with Crippen LogP contribution in [0.25, 0.3) is 0 Å². The van der Waals surface area contributed by atoms with Crippen LogP contribution in [0.1, 0.15) is 31.4 Å². The largest absolute Gasteiger partial charge is 0.310 e. The summed E-state index contributed by atoms with van der Waals surface area (Å²) in [4.78, 5) is 0. The Bertz CT molecular complexity index is 345. The van der Waals surface area contributed by atoms with E-state index in [1.54, 1.807) is 0 Å². The summed E-state index contributed by atoms with van der Waals surface area (Å²) in [6.45, 7) is 3.40. The van der Waals surface area contributed by atoms with Crippen LogP contribution >= 0.6 is 27.5 Å². The zero-order valence-corrected chi connectivity index (χ0v) is 11.1. The van der Waals surface area contributed by atoms with Crippen LogP contribution in [0.5, 0.6) is 0 Å². The minimum Gasteiger partial charge on any atom is -0.310 e. The fourth-order valence-corrected chi connectivity index (χ4v) is 2.45. The number of hydrogen-bond acceptors (Lipinski definition) is 1. The predicted molar refractivity (Wildman–Crippen MR) is 68.3 cm³/mol. The molecule has 0 radical (unpaired) electrons. The molecule has 3 heteroatoms. The zero-order chi connectivity index (χ0) is 10.8. The lowest BCUT2D eigenvalue weighted by Crippen LogP contribution is -2.31. The van der Waals surface area contributed by atoms with Gasteiger partial charge in [-0.3, -0.25) is 0 Å². The molecule has 1 fully saturated rings. The number of nitrogens with one attached hydrogen (secondary N) is 1. The molecule has 1 aromatic rings. The summed E-state index contributed by atoms with van der Waals surface area (Å²) in [5.74, 6) is 0.798. The fraction of sp³-hybridized carbons (Fsp3) is 0.500. The van der Waals surface area contributed by atoms with Crippen LogP contribution in [0.2, 0.25) is 5.02 Å². The Labute approximate surface area is 104 Å².